The maximum absolute atomic E-state index is 13.9. The van der Waals surface area contributed by atoms with Crippen molar-refractivity contribution >= 4 is 11.5 Å². The van der Waals surface area contributed by atoms with Crippen LogP contribution in [0.2, 0.25) is 0 Å². The first kappa shape index (κ1) is 13.8. The first-order valence-electron chi connectivity index (χ1n) is 6.73. The Morgan fingerprint density at radius 3 is 2.95 bits per heavy atom. The standard InChI is InChI=1S/C16H19FO2/c1-3-19-15(18)10-12-7-8-13(9-12)16-11(2)5-4-6-14(16)17/h4-6,9,12H,3,7-8,10H2,1-2H3. The number of ether oxygens (including phenoxy) is 1. The number of allylic oxidation sites excluding steroid dienone is 2. The van der Waals surface area contributed by atoms with Crippen molar-refractivity contribution in [1.82, 2.24) is 0 Å². The SMILES string of the molecule is CCOC(=O)CC1C=C(c2c(C)cccc2F)CC1. The number of aryl methyl sites for hydroxylation is 1. The van der Waals surface area contributed by atoms with Gasteiger partial charge in [-0.15, -0.1) is 0 Å². The molecular weight excluding hydrogens is 243 g/mol. The molecule has 0 aromatic heterocycles. The van der Waals surface area contributed by atoms with Crippen LogP contribution >= 0.6 is 0 Å². The summed E-state index contributed by atoms with van der Waals surface area (Å²) in [5, 5.41) is 0. The zero-order chi connectivity index (χ0) is 13.8. The van der Waals surface area contributed by atoms with Gasteiger partial charge < -0.3 is 4.74 Å². The summed E-state index contributed by atoms with van der Waals surface area (Å²) in [5.74, 6) is -0.175. The molecule has 1 aromatic rings. The van der Waals surface area contributed by atoms with E-state index in [1.54, 1.807) is 13.0 Å². The molecule has 0 saturated heterocycles. The molecule has 1 atom stereocenters. The van der Waals surface area contributed by atoms with Gasteiger partial charge in [0.2, 0.25) is 0 Å². The van der Waals surface area contributed by atoms with Gasteiger partial charge in [-0.1, -0.05) is 18.2 Å². The van der Waals surface area contributed by atoms with Crippen LogP contribution < -0.4 is 0 Å². The Kier molecular flexibility index (Phi) is 4.35. The number of rotatable bonds is 4. The molecule has 0 saturated carbocycles. The zero-order valence-corrected chi connectivity index (χ0v) is 11.4. The first-order chi connectivity index (χ1) is 9.11. The molecule has 2 rings (SSSR count). The molecule has 0 spiro atoms. The predicted molar refractivity (Wildman–Crippen MR) is 73.1 cm³/mol. The maximum atomic E-state index is 13.9. The van der Waals surface area contributed by atoms with E-state index < -0.39 is 0 Å². The summed E-state index contributed by atoms with van der Waals surface area (Å²) in [6.07, 6.45) is 4.14. The van der Waals surface area contributed by atoms with E-state index in [-0.39, 0.29) is 17.7 Å². The van der Waals surface area contributed by atoms with E-state index in [1.807, 2.05) is 19.1 Å². The first-order valence-corrected chi connectivity index (χ1v) is 6.73. The number of esters is 1. The van der Waals surface area contributed by atoms with E-state index in [1.165, 1.54) is 6.07 Å². The molecule has 0 amide bonds. The summed E-state index contributed by atoms with van der Waals surface area (Å²) in [7, 11) is 0. The number of halogens is 1. The molecule has 0 bridgehead atoms. The lowest BCUT2D eigenvalue weighted by atomic mass is 10.00. The smallest absolute Gasteiger partial charge is 0.306 e. The third-order valence-electron chi connectivity index (χ3n) is 3.50. The summed E-state index contributed by atoms with van der Waals surface area (Å²) < 4.78 is 18.8. The molecule has 0 radical (unpaired) electrons. The molecule has 0 aliphatic heterocycles. The fraction of sp³-hybridized carbons (Fsp3) is 0.438. The van der Waals surface area contributed by atoms with Crippen LogP contribution in [-0.2, 0) is 9.53 Å². The Bertz CT molecular complexity index is 485. The van der Waals surface area contributed by atoms with Crippen LogP contribution in [-0.4, -0.2) is 12.6 Å². The van der Waals surface area contributed by atoms with Gasteiger partial charge in [0.1, 0.15) is 5.82 Å². The van der Waals surface area contributed by atoms with Crippen molar-refractivity contribution in [3.05, 3.63) is 41.2 Å². The van der Waals surface area contributed by atoms with Crippen molar-refractivity contribution in [1.29, 1.82) is 0 Å². The van der Waals surface area contributed by atoms with E-state index in [0.717, 1.165) is 24.0 Å². The summed E-state index contributed by atoms with van der Waals surface area (Å²) in [5.41, 5.74) is 2.67. The fourth-order valence-electron chi connectivity index (χ4n) is 2.63. The van der Waals surface area contributed by atoms with Gasteiger partial charge in [0.15, 0.2) is 0 Å². The molecule has 0 N–H and O–H groups in total. The lowest BCUT2D eigenvalue weighted by molar-refractivity contribution is -0.143. The highest BCUT2D eigenvalue weighted by atomic mass is 19.1. The van der Waals surface area contributed by atoms with Crippen molar-refractivity contribution in [3.8, 4) is 0 Å². The number of benzene rings is 1. The van der Waals surface area contributed by atoms with Gasteiger partial charge in [-0.25, -0.2) is 4.39 Å². The highest BCUT2D eigenvalue weighted by Crippen LogP contribution is 2.35. The molecule has 0 fully saturated rings. The summed E-state index contributed by atoms with van der Waals surface area (Å²) in [6.45, 7) is 4.13. The van der Waals surface area contributed by atoms with E-state index in [9.17, 15) is 9.18 Å². The second-order valence-electron chi connectivity index (χ2n) is 4.93. The highest BCUT2D eigenvalue weighted by molar-refractivity contribution is 5.74. The fourth-order valence-corrected chi connectivity index (χ4v) is 2.63. The normalized spacial score (nSPS) is 18.3. The maximum Gasteiger partial charge on any atom is 0.306 e. The molecule has 2 nitrogen and oxygen atoms in total. The average Bonchev–Trinajstić information content (AvgIpc) is 2.77. The van der Waals surface area contributed by atoms with Crippen LogP contribution in [0.4, 0.5) is 4.39 Å². The minimum atomic E-state index is -0.178. The van der Waals surface area contributed by atoms with Gasteiger partial charge >= 0.3 is 5.97 Å². The van der Waals surface area contributed by atoms with Crippen molar-refractivity contribution in [2.45, 2.75) is 33.1 Å². The third kappa shape index (κ3) is 3.22. The minimum Gasteiger partial charge on any atom is -0.466 e. The van der Waals surface area contributed by atoms with Crippen LogP contribution in [0.3, 0.4) is 0 Å². The Hall–Kier alpha value is -1.64. The molecule has 102 valence electrons. The zero-order valence-electron chi connectivity index (χ0n) is 11.4. The van der Waals surface area contributed by atoms with Crippen LogP contribution in [0.1, 0.15) is 37.3 Å². The number of carbonyl (C=O) groups is 1. The monoisotopic (exact) mass is 262 g/mol. The third-order valence-corrected chi connectivity index (χ3v) is 3.50. The van der Waals surface area contributed by atoms with Crippen LogP contribution in [0.15, 0.2) is 24.3 Å². The van der Waals surface area contributed by atoms with Gasteiger partial charge in [0, 0.05) is 5.56 Å². The van der Waals surface area contributed by atoms with E-state index in [4.69, 9.17) is 4.74 Å². The molecular formula is C16H19FO2. The largest absolute Gasteiger partial charge is 0.466 e. The summed E-state index contributed by atoms with van der Waals surface area (Å²) in [4.78, 5) is 11.5. The number of hydrogen-bond donors (Lipinski definition) is 0. The molecule has 19 heavy (non-hydrogen) atoms. The highest BCUT2D eigenvalue weighted by Gasteiger charge is 2.22. The molecule has 3 heteroatoms. The Labute approximate surface area is 113 Å². The lowest BCUT2D eigenvalue weighted by Gasteiger charge is -2.07. The minimum absolute atomic E-state index is 0.171. The summed E-state index contributed by atoms with van der Waals surface area (Å²) in [6, 6.07) is 5.12. The average molecular weight is 262 g/mol. The van der Waals surface area contributed by atoms with Crippen molar-refractivity contribution in [2.75, 3.05) is 6.61 Å². The van der Waals surface area contributed by atoms with Crippen LogP contribution in [0.5, 0.6) is 0 Å². The van der Waals surface area contributed by atoms with E-state index in [0.29, 0.717) is 18.6 Å². The van der Waals surface area contributed by atoms with Gasteiger partial charge in [-0.2, -0.15) is 0 Å². The molecule has 1 aromatic carbocycles. The Morgan fingerprint density at radius 2 is 2.26 bits per heavy atom. The quantitative estimate of drug-likeness (QED) is 0.770. The molecule has 0 heterocycles. The van der Waals surface area contributed by atoms with Crippen molar-refractivity contribution in [3.63, 3.8) is 0 Å². The lowest BCUT2D eigenvalue weighted by Crippen LogP contribution is -2.08. The Morgan fingerprint density at radius 1 is 1.47 bits per heavy atom. The van der Waals surface area contributed by atoms with Gasteiger partial charge in [0.25, 0.3) is 0 Å². The molecule has 1 unspecified atom stereocenters. The van der Waals surface area contributed by atoms with Gasteiger partial charge in [-0.05, 0) is 49.8 Å². The topological polar surface area (TPSA) is 26.3 Å². The van der Waals surface area contributed by atoms with Crippen molar-refractivity contribution in [2.24, 2.45) is 5.92 Å². The number of carbonyl (C=O) groups excluding carboxylic acids is 1. The Balaban J connectivity index is 2.13. The second-order valence-corrected chi connectivity index (χ2v) is 4.93. The van der Waals surface area contributed by atoms with E-state index in [2.05, 4.69) is 0 Å². The van der Waals surface area contributed by atoms with Gasteiger partial charge in [0.05, 0.1) is 13.0 Å². The predicted octanol–water partition coefficient (Wildman–Crippen LogP) is 3.88. The van der Waals surface area contributed by atoms with Gasteiger partial charge in [-0.3, -0.25) is 4.79 Å². The summed E-state index contributed by atoms with van der Waals surface area (Å²) >= 11 is 0. The van der Waals surface area contributed by atoms with Crippen LogP contribution in [0, 0.1) is 18.7 Å². The number of hydrogen-bond acceptors (Lipinski definition) is 2. The van der Waals surface area contributed by atoms with Crippen LogP contribution in [0.25, 0.3) is 5.57 Å². The van der Waals surface area contributed by atoms with Crippen molar-refractivity contribution < 1.29 is 13.9 Å². The molecule has 1 aliphatic rings. The second kappa shape index (κ2) is 6.00. The molecule has 1 aliphatic carbocycles. The van der Waals surface area contributed by atoms with E-state index >= 15 is 0 Å².